The van der Waals surface area contributed by atoms with Crippen LogP contribution in [-0.4, -0.2) is 79.9 Å². The minimum absolute atomic E-state index is 0.0292. The van der Waals surface area contributed by atoms with Gasteiger partial charge in [0.05, 0.1) is 43.8 Å². The Kier molecular flexibility index (Phi) is 11.3. The number of rotatable bonds is 16. The second-order valence-electron chi connectivity index (χ2n) is 10.3. The van der Waals surface area contributed by atoms with Crippen molar-refractivity contribution in [3.8, 4) is 6.07 Å². The molecule has 0 aliphatic carbocycles. The lowest BCUT2D eigenvalue weighted by Crippen LogP contribution is -2.46. The Hall–Kier alpha value is -0.890. The lowest BCUT2D eigenvalue weighted by atomic mass is 9.85. The topological polar surface area (TPSA) is 112 Å². The van der Waals surface area contributed by atoms with Crippen molar-refractivity contribution in [2.75, 3.05) is 26.9 Å². The monoisotopic (exact) mass is 529 g/mol. The number of hydrogen-bond donors (Lipinski definition) is 1. The van der Waals surface area contributed by atoms with Gasteiger partial charge >= 0.3 is 0 Å². The van der Waals surface area contributed by atoms with Crippen LogP contribution in [0.1, 0.15) is 73.1 Å². The summed E-state index contributed by atoms with van der Waals surface area (Å²) >= 11 is 0. The van der Waals surface area contributed by atoms with Gasteiger partial charge in [0.1, 0.15) is 12.2 Å². The molecular weight excluding hydrogens is 485 g/mol. The van der Waals surface area contributed by atoms with Gasteiger partial charge in [-0.1, -0.05) is 12.8 Å². The summed E-state index contributed by atoms with van der Waals surface area (Å²) in [7, 11) is 0.368. The van der Waals surface area contributed by atoms with E-state index in [-0.39, 0.29) is 36.2 Å². The van der Waals surface area contributed by atoms with Crippen molar-refractivity contribution in [3.05, 3.63) is 0 Å². The van der Waals surface area contributed by atoms with Crippen molar-refractivity contribution < 1.29 is 32.8 Å². The van der Waals surface area contributed by atoms with E-state index in [1.807, 2.05) is 0 Å². The predicted molar refractivity (Wildman–Crippen MR) is 135 cm³/mol. The molecule has 0 radical (unpaired) electrons. The van der Waals surface area contributed by atoms with Crippen LogP contribution in [0.2, 0.25) is 0 Å². The number of amides is 1. The fraction of sp³-hybridized carbons (Fsp3) is 0.920. The first-order chi connectivity index (χ1) is 17.2. The Morgan fingerprint density at radius 3 is 2.42 bits per heavy atom. The van der Waals surface area contributed by atoms with E-state index in [1.54, 1.807) is 14.0 Å². The van der Waals surface area contributed by atoms with Crippen molar-refractivity contribution in [2.45, 2.75) is 116 Å². The molecule has 3 aliphatic rings. The zero-order valence-electron chi connectivity index (χ0n) is 22.6. The standard InChI is InChI=1S/C25H44N3O7P/c1-17(2)28(18(3)4)36(32-15-11-12-26)31-14-10-8-7-9-13-27-24(29)19-16-20-22-23(21(19)33-20)35-25(5,30-6)34-22/h17-23H,7-11,13-16H2,1-6H3,(H,27,29)/t19?,20?,21-,22?,23+,25?,36?/m0/s1. The molecule has 2 bridgehead atoms. The van der Waals surface area contributed by atoms with Gasteiger partial charge in [-0.25, -0.2) is 4.67 Å². The molecule has 0 aromatic heterocycles. The number of nitrogens with one attached hydrogen (secondary N) is 1. The first-order valence-electron chi connectivity index (χ1n) is 13.3. The van der Waals surface area contributed by atoms with Crippen LogP contribution in [-0.2, 0) is 32.8 Å². The molecule has 11 heteroatoms. The number of nitrogens with zero attached hydrogens (tertiary/aromatic N) is 2. The Balaban J connectivity index is 1.30. The smallest absolute Gasteiger partial charge is 0.280 e. The number of fused-ring (bicyclic) bond motifs is 5. The first kappa shape index (κ1) is 29.7. The number of carbonyl (C=O) groups is 1. The summed E-state index contributed by atoms with van der Waals surface area (Å²) in [6.07, 6.45) is 4.05. The molecular formula is C25H44N3O7P. The quantitative estimate of drug-likeness (QED) is 0.235. The molecule has 36 heavy (non-hydrogen) atoms. The number of nitriles is 1. The van der Waals surface area contributed by atoms with Crippen molar-refractivity contribution >= 4 is 14.4 Å². The maximum Gasteiger partial charge on any atom is 0.280 e. The molecule has 5 unspecified atom stereocenters. The largest absolute Gasteiger partial charge is 0.368 e. The minimum atomic E-state index is -1.18. The highest BCUT2D eigenvalue weighted by Gasteiger charge is 2.64. The van der Waals surface area contributed by atoms with Gasteiger partial charge < -0.3 is 33.3 Å². The highest BCUT2D eigenvalue weighted by Crippen LogP contribution is 2.49. The van der Waals surface area contributed by atoms with Gasteiger partial charge in [-0.3, -0.25) is 4.79 Å². The summed E-state index contributed by atoms with van der Waals surface area (Å²) < 4.78 is 37.3. The average molecular weight is 530 g/mol. The first-order valence-corrected chi connectivity index (χ1v) is 14.4. The summed E-state index contributed by atoms with van der Waals surface area (Å²) in [6, 6.07) is 2.72. The van der Waals surface area contributed by atoms with E-state index < -0.39 is 14.5 Å². The average Bonchev–Trinajstić information content (AvgIpc) is 3.50. The van der Waals surface area contributed by atoms with Crippen molar-refractivity contribution in [3.63, 3.8) is 0 Å². The van der Waals surface area contributed by atoms with Crippen LogP contribution >= 0.6 is 8.53 Å². The van der Waals surface area contributed by atoms with Gasteiger partial charge in [-0.05, 0) is 47.0 Å². The highest BCUT2D eigenvalue weighted by molar-refractivity contribution is 7.44. The van der Waals surface area contributed by atoms with E-state index in [2.05, 4.69) is 43.8 Å². The van der Waals surface area contributed by atoms with Gasteiger partial charge in [-0.15, -0.1) is 0 Å². The minimum Gasteiger partial charge on any atom is -0.368 e. The van der Waals surface area contributed by atoms with E-state index in [1.165, 1.54) is 0 Å². The number of hydrogen-bond acceptors (Lipinski definition) is 9. The molecule has 1 N–H and O–H groups in total. The molecule has 3 rings (SSSR count). The van der Waals surface area contributed by atoms with Crippen LogP contribution in [0.4, 0.5) is 0 Å². The molecule has 0 aromatic carbocycles. The Labute approximate surface area is 217 Å². The van der Waals surface area contributed by atoms with E-state index in [0.29, 0.717) is 44.7 Å². The third kappa shape index (κ3) is 7.36. The summed E-state index contributed by atoms with van der Waals surface area (Å²) in [6.45, 7) is 11.9. The van der Waals surface area contributed by atoms with E-state index in [0.717, 1.165) is 25.7 Å². The van der Waals surface area contributed by atoms with Crippen LogP contribution in [0.15, 0.2) is 0 Å². The number of unbranched alkanes of at least 4 members (excludes halogenated alkanes) is 3. The van der Waals surface area contributed by atoms with E-state index in [4.69, 9.17) is 33.3 Å². The number of methoxy groups -OCH3 is 1. The van der Waals surface area contributed by atoms with Gasteiger partial charge in [0.2, 0.25) is 5.91 Å². The number of ether oxygens (including phenoxy) is 4. The lowest BCUT2D eigenvalue weighted by Gasteiger charge is -2.35. The molecule has 0 saturated carbocycles. The van der Waals surface area contributed by atoms with Crippen LogP contribution < -0.4 is 5.32 Å². The molecule has 10 nitrogen and oxygen atoms in total. The Morgan fingerprint density at radius 1 is 1.08 bits per heavy atom. The summed E-state index contributed by atoms with van der Waals surface area (Å²) in [4.78, 5) is 12.8. The van der Waals surface area contributed by atoms with Gasteiger partial charge in [0.25, 0.3) is 14.5 Å². The second-order valence-corrected chi connectivity index (χ2v) is 11.8. The van der Waals surface area contributed by atoms with Crippen LogP contribution in [0.25, 0.3) is 0 Å². The van der Waals surface area contributed by atoms with Gasteiger partial charge in [0.15, 0.2) is 0 Å². The van der Waals surface area contributed by atoms with Crippen molar-refractivity contribution in [2.24, 2.45) is 5.92 Å². The zero-order valence-corrected chi connectivity index (χ0v) is 23.5. The summed E-state index contributed by atoms with van der Waals surface area (Å²) in [5.41, 5.74) is 0. The number of carbonyl (C=O) groups excluding carboxylic acids is 1. The fourth-order valence-electron chi connectivity index (χ4n) is 5.18. The molecule has 0 spiro atoms. The third-order valence-corrected chi connectivity index (χ3v) is 8.98. The van der Waals surface area contributed by atoms with Crippen molar-refractivity contribution in [1.29, 1.82) is 5.26 Å². The van der Waals surface area contributed by atoms with E-state index in [9.17, 15) is 4.79 Å². The maximum atomic E-state index is 12.8. The molecule has 7 atom stereocenters. The van der Waals surface area contributed by atoms with E-state index >= 15 is 0 Å². The Bertz CT molecular complexity index is 744. The summed E-state index contributed by atoms with van der Waals surface area (Å²) in [5, 5.41) is 11.9. The molecule has 3 fully saturated rings. The van der Waals surface area contributed by atoms with Crippen LogP contribution in [0.3, 0.4) is 0 Å². The molecule has 3 saturated heterocycles. The van der Waals surface area contributed by atoms with Crippen LogP contribution in [0.5, 0.6) is 0 Å². The molecule has 0 aromatic rings. The highest BCUT2D eigenvalue weighted by atomic mass is 31.2. The normalized spacial score (nSPS) is 31.8. The third-order valence-electron chi connectivity index (χ3n) is 6.87. The lowest BCUT2D eigenvalue weighted by molar-refractivity contribution is -0.329. The molecule has 1 amide bonds. The Morgan fingerprint density at radius 2 is 1.75 bits per heavy atom. The van der Waals surface area contributed by atoms with Gasteiger partial charge in [-0.2, -0.15) is 5.26 Å². The summed E-state index contributed by atoms with van der Waals surface area (Å²) in [5.74, 6) is -1.24. The van der Waals surface area contributed by atoms with Crippen LogP contribution in [0, 0.1) is 17.2 Å². The molecule has 206 valence electrons. The maximum absolute atomic E-state index is 12.8. The SMILES string of the molecule is COC1(C)OC2C3CC(C(=O)NCCCCCCOP(OCCC#N)N(C(C)C)C(C)C)[C@H](O3)[C@H]2O1. The predicted octanol–water partition coefficient (Wildman–Crippen LogP) is 3.85. The zero-order chi connectivity index (χ0) is 26.3. The molecule has 3 heterocycles. The second kappa shape index (κ2) is 13.8. The fourth-order valence-corrected chi connectivity index (χ4v) is 6.81. The molecule has 3 aliphatic heterocycles. The van der Waals surface area contributed by atoms with Crippen molar-refractivity contribution in [1.82, 2.24) is 9.99 Å². The van der Waals surface area contributed by atoms with Gasteiger partial charge in [0, 0.05) is 32.7 Å².